The first-order valence-corrected chi connectivity index (χ1v) is 24.2. The van der Waals surface area contributed by atoms with Gasteiger partial charge in [0, 0.05) is 36.3 Å². The summed E-state index contributed by atoms with van der Waals surface area (Å²) in [5.41, 5.74) is 14.7. The Morgan fingerprint density at radius 2 is 0.534 bits per heavy atom. The third-order valence-electron chi connectivity index (χ3n) is 10.4. The van der Waals surface area contributed by atoms with Crippen molar-refractivity contribution in [2.24, 2.45) is 14.1 Å². The molecule has 0 N–H and O–H groups in total. The van der Waals surface area contributed by atoms with E-state index in [0.29, 0.717) is 0 Å². The van der Waals surface area contributed by atoms with Crippen molar-refractivity contribution < 1.29 is 0 Å². The fraction of sp³-hybridized carbons (Fsp3) is 0.0435. The van der Waals surface area contributed by atoms with E-state index in [1.165, 1.54) is 0 Å². The van der Waals surface area contributed by atoms with E-state index in [0.717, 1.165) is 125 Å². The predicted octanol–water partition coefficient (Wildman–Crippen LogP) is 17.3. The summed E-state index contributed by atoms with van der Waals surface area (Å²) in [6, 6.07) is 41.7. The molecule has 4 nitrogen and oxygen atoms in total. The molecule has 286 valence electrons. The summed E-state index contributed by atoms with van der Waals surface area (Å²) < 4.78 is 11.5. The van der Waals surface area contributed by atoms with Gasteiger partial charge < -0.3 is 9.13 Å². The highest BCUT2D eigenvalue weighted by Gasteiger charge is 2.32. The van der Waals surface area contributed by atoms with Crippen molar-refractivity contribution in [3.05, 3.63) is 162 Å². The molecule has 0 amide bonds. The molecule has 58 heavy (non-hydrogen) atoms. The van der Waals surface area contributed by atoms with Crippen molar-refractivity contribution >= 4 is 167 Å². The van der Waals surface area contributed by atoms with Crippen LogP contribution in [0.4, 0.5) is 0 Å². The smallest absolute Gasteiger partial charge is 0.0892 e. The third kappa shape index (κ3) is 6.55. The van der Waals surface area contributed by atoms with Crippen molar-refractivity contribution in [2.45, 2.75) is 0 Å². The second-order valence-electron chi connectivity index (χ2n) is 13.6. The standard InChI is InChI=1S/C46H26Br8N4/c1-57-43-28(24-17-9-4-10-18-24)41-33(49)31(47)39(55-41)27(23-15-7-3-8-16-23)40-32(48)34(50)42(56-40)29(25-19-11-5-12-20-25)44-36(52)38(54)46(58(44)2)30(26-21-13-6-14-22-26)45(57)37(53)35(43)51/h3-22H,1-2H3. The van der Waals surface area contributed by atoms with Gasteiger partial charge in [-0.1, -0.05) is 121 Å². The van der Waals surface area contributed by atoms with Gasteiger partial charge in [-0.25, -0.2) is 9.97 Å². The first-order chi connectivity index (χ1) is 28.0. The van der Waals surface area contributed by atoms with E-state index in [4.69, 9.17) is 9.97 Å². The molecule has 12 heteroatoms. The molecule has 0 atom stereocenters. The summed E-state index contributed by atoms with van der Waals surface area (Å²) in [6.07, 6.45) is 0. The number of rotatable bonds is 4. The van der Waals surface area contributed by atoms with Gasteiger partial charge in [-0.15, -0.1) is 0 Å². The minimum absolute atomic E-state index is 0.748. The van der Waals surface area contributed by atoms with E-state index < -0.39 is 0 Å². The molecular weight excluding hydrogens is 1250 g/mol. The molecule has 0 spiro atoms. The van der Waals surface area contributed by atoms with Gasteiger partial charge in [0.1, 0.15) is 0 Å². The van der Waals surface area contributed by atoms with Crippen LogP contribution in [0, 0.1) is 0 Å². The highest BCUT2D eigenvalue weighted by Crippen LogP contribution is 2.54. The Morgan fingerprint density at radius 3 is 0.828 bits per heavy atom. The van der Waals surface area contributed by atoms with Gasteiger partial charge in [0.15, 0.2) is 0 Å². The van der Waals surface area contributed by atoms with Gasteiger partial charge in [0.2, 0.25) is 0 Å². The Morgan fingerprint density at radius 1 is 0.310 bits per heavy atom. The monoisotopic (exact) mass is 1270 g/mol. The van der Waals surface area contributed by atoms with Crippen LogP contribution in [0.5, 0.6) is 0 Å². The summed E-state index contributed by atoms with van der Waals surface area (Å²) in [7, 11) is 4.25. The second kappa shape index (κ2) is 16.3. The molecule has 8 bridgehead atoms. The van der Waals surface area contributed by atoms with E-state index in [9.17, 15) is 0 Å². The summed E-state index contributed by atoms with van der Waals surface area (Å²) >= 11 is 32.7. The lowest BCUT2D eigenvalue weighted by Crippen LogP contribution is -1.97. The molecule has 0 radical (unpaired) electrons. The van der Waals surface area contributed by atoms with Gasteiger partial charge in [0.25, 0.3) is 0 Å². The molecule has 5 heterocycles. The van der Waals surface area contributed by atoms with E-state index in [-0.39, 0.29) is 0 Å². The van der Waals surface area contributed by atoms with Crippen molar-refractivity contribution in [3.8, 4) is 44.5 Å². The van der Waals surface area contributed by atoms with Crippen molar-refractivity contribution in [1.29, 1.82) is 0 Å². The zero-order chi connectivity index (χ0) is 40.6. The maximum Gasteiger partial charge on any atom is 0.0892 e. The van der Waals surface area contributed by atoms with E-state index in [2.05, 4.69) is 236 Å². The van der Waals surface area contributed by atoms with Crippen LogP contribution < -0.4 is 0 Å². The molecule has 0 saturated heterocycles. The number of halogens is 8. The first-order valence-electron chi connectivity index (χ1n) is 17.8. The lowest BCUT2D eigenvalue weighted by Gasteiger charge is -2.12. The zero-order valence-electron chi connectivity index (χ0n) is 30.4. The molecule has 2 aliphatic heterocycles. The minimum atomic E-state index is 0.748. The topological polar surface area (TPSA) is 35.6 Å². The molecule has 3 aromatic heterocycles. The van der Waals surface area contributed by atoms with Crippen LogP contribution >= 0.6 is 127 Å². The SMILES string of the molecule is Cn1c2c(Br)c(Br)c1c(-c1ccccc1)c1c(Br)c(Br)c(c(-c3ccccc3)c3nc(c(-c4ccccc4)c4nc(c2-c2ccccc2)C(Br)=C4Br)C(Br)=C3Br)n1C. The first kappa shape index (κ1) is 40.7. The number of hydrogen-bond donors (Lipinski definition) is 0. The summed E-state index contributed by atoms with van der Waals surface area (Å²) in [5, 5.41) is 0. The molecule has 2 aliphatic rings. The normalized spacial score (nSPS) is 12.9. The Kier molecular flexibility index (Phi) is 11.4. The fourth-order valence-corrected chi connectivity index (χ4v) is 12.3. The predicted molar refractivity (Wildman–Crippen MR) is 272 cm³/mol. The Balaban J connectivity index is 1.68. The van der Waals surface area contributed by atoms with Crippen LogP contribution in [-0.2, 0) is 14.1 Å². The van der Waals surface area contributed by atoms with Crippen LogP contribution in [0.15, 0.2) is 139 Å². The maximum atomic E-state index is 5.59. The number of benzene rings is 4. The lowest BCUT2D eigenvalue weighted by atomic mass is 10.0. The molecule has 0 saturated carbocycles. The number of fused-ring (bicyclic) bond motifs is 8. The average Bonchev–Trinajstić information content (AvgIpc) is 3.85. The summed E-state index contributed by atoms with van der Waals surface area (Å²) in [5.74, 6) is 0. The number of aromatic nitrogens is 4. The lowest BCUT2D eigenvalue weighted by molar-refractivity contribution is 0.997. The minimum Gasteiger partial charge on any atom is -0.342 e. The molecule has 0 unspecified atom stereocenters. The van der Waals surface area contributed by atoms with Crippen molar-refractivity contribution in [2.75, 3.05) is 0 Å². The van der Waals surface area contributed by atoms with Crippen LogP contribution in [0.25, 0.3) is 84.5 Å². The zero-order valence-corrected chi connectivity index (χ0v) is 43.0. The van der Waals surface area contributed by atoms with Crippen LogP contribution in [0.3, 0.4) is 0 Å². The molecule has 4 aromatic carbocycles. The quantitative estimate of drug-likeness (QED) is 0.176. The summed E-state index contributed by atoms with van der Waals surface area (Å²) in [4.78, 5) is 11.2. The molecule has 0 fully saturated rings. The summed E-state index contributed by atoms with van der Waals surface area (Å²) in [6.45, 7) is 0. The molecular formula is C46H26Br8N4. The Labute approximate surface area is 402 Å². The van der Waals surface area contributed by atoms with E-state index in [1.54, 1.807) is 0 Å². The van der Waals surface area contributed by atoms with Crippen molar-refractivity contribution in [3.63, 3.8) is 0 Å². The molecule has 0 aliphatic carbocycles. The van der Waals surface area contributed by atoms with E-state index in [1.807, 2.05) is 36.4 Å². The Bertz CT molecular complexity index is 2910. The fourth-order valence-electron chi connectivity index (χ4n) is 7.80. The van der Waals surface area contributed by atoms with Crippen molar-refractivity contribution in [1.82, 2.24) is 19.1 Å². The largest absolute Gasteiger partial charge is 0.342 e. The maximum absolute atomic E-state index is 5.59. The van der Waals surface area contributed by atoms with Gasteiger partial charge in [-0.2, -0.15) is 0 Å². The molecule has 7 aromatic rings. The average molecular weight is 1270 g/mol. The van der Waals surface area contributed by atoms with Crippen LogP contribution in [0.1, 0.15) is 22.8 Å². The highest BCUT2D eigenvalue weighted by molar-refractivity contribution is 9.18. The number of hydrogen-bond acceptors (Lipinski definition) is 2. The Hall–Kier alpha value is -2.68. The van der Waals surface area contributed by atoms with Crippen LogP contribution in [-0.4, -0.2) is 19.1 Å². The number of nitrogens with zero attached hydrogens (tertiary/aromatic N) is 4. The second-order valence-corrected chi connectivity index (χ2v) is 20.0. The van der Waals surface area contributed by atoms with E-state index >= 15 is 0 Å². The van der Waals surface area contributed by atoms with Gasteiger partial charge in [0.05, 0.1) is 80.7 Å². The molecule has 9 rings (SSSR count). The third-order valence-corrected chi connectivity index (χ3v) is 18.7. The van der Waals surface area contributed by atoms with Gasteiger partial charge in [-0.3, -0.25) is 0 Å². The van der Waals surface area contributed by atoms with Gasteiger partial charge in [-0.05, 0) is 150 Å². The highest BCUT2D eigenvalue weighted by atomic mass is 79.9. The van der Waals surface area contributed by atoms with Crippen LogP contribution in [0.2, 0.25) is 0 Å². The number of aryl methyl sites for hydroxylation is 2. The van der Waals surface area contributed by atoms with Gasteiger partial charge >= 0.3 is 0 Å².